The Hall–Kier alpha value is -2.01. The third-order valence-electron chi connectivity index (χ3n) is 2.77. The van der Waals surface area contributed by atoms with E-state index in [1.807, 2.05) is 0 Å². The van der Waals surface area contributed by atoms with Gasteiger partial charge in [-0.25, -0.2) is 13.2 Å². The predicted molar refractivity (Wildman–Crippen MR) is 69.8 cm³/mol. The third kappa shape index (κ3) is 3.74. The Morgan fingerprint density at radius 1 is 0.950 bits per heavy atom. The highest BCUT2D eigenvalue weighted by atomic mass is 19.1. The van der Waals surface area contributed by atoms with E-state index in [4.69, 9.17) is 10.5 Å². The molecule has 106 valence electrons. The van der Waals surface area contributed by atoms with Crippen molar-refractivity contribution in [2.24, 2.45) is 5.73 Å². The summed E-state index contributed by atoms with van der Waals surface area (Å²) in [6, 6.07) is 7.29. The lowest BCUT2D eigenvalue weighted by atomic mass is 10.1. The molecule has 0 saturated carbocycles. The van der Waals surface area contributed by atoms with E-state index in [0.717, 1.165) is 18.2 Å². The molecule has 0 radical (unpaired) electrons. The SMILES string of the molecule is NCCc1cc(F)cc(OCc2cc(F)ccc2F)c1. The molecule has 2 nitrogen and oxygen atoms in total. The minimum atomic E-state index is -0.565. The third-order valence-corrected chi connectivity index (χ3v) is 2.77. The fourth-order valence-corrected chi connectivity index (χ4v) is 1.83. The molecule has 0 aliphatic heterocycles. The van der Waals surface area contributed by atoms with Crippen molar-refractivity contribution in [2.45, 2.75) is 13.0 Å². The van der Waals surface area contributed by atoms with Gasteiger partial charge in [-0.05, 0) is 48.9 Å². The van der Waals surface area contributed by atoms with E-state index in [1.54, 1.807) is 6.07 Å². The van der Waals surface area contributed by atoms with E-state index in [2.05, 4.69) is 0 Å². The summed E-state index contributed by atoms with van der Waals surface area (Å²) < 4.78 is 45.1. The molecule has 0 unspecified atom stereocenters. The molecule has 20 heavy (non-hydrogen) atoms. The Kier molecular flexibility index (Phi) is 4.63. The Bertz CT molecular complexity index is 602. The van der Waals surface area contributed by atoms with E-state index in [-0.39, 0.29) is 17.9 Å². The largest absolute Gasteiger partial charge is 0.489 e. The average molecular weight is 281 g/mol. The molecule has 2 aromatic carbocycles. The second-order valence-corrected chi connectivity index (χ2v) is 4.36. The highest BCUT2D eigenvalue weighted by Crippen LogP contribution is 2.19. The van der Waals surface area contributed by atoms with Crippen LogP contribution in [0.1, 0.15) is 11.1 Å². The van der Waals surface area contributed by atoms with Crippen molar-refractivity contribution in [3.63, 3.8) is 0 Å². The minimum absolute atomic E-state index is 0.0784. The molecule has 2 N–H and O–H groups in total. The van der Waals surface area contributed by atoms with Crippen molar-refractivity contribution in [3.05, 3.63) is 65.0 Å². The quantitative estimate of drug-likeness (QED) is 0.913. The van der Waals surface area contributed by atoms with Gasteiger partial charge in [-0.3, -0.25) is 0 Å². The molecule has 0 spiro atoms. The summed E-state index contributed by atoms with van der Waals surface area (Å²) in [6.45, 7) is 0.219. The molecule has 0 bridgehead atoms. The van der Waals surface area contributed by atoms with Gasteiger partial charge in [0, 0.05) is 11.6 Å². The second-order valence-electron chi connectivity index (χ2n) is 4.36. The number of rotatable bonds is 5. The highest BCUT2D eigenvalue weighted by molar-refractivity contribution is 5.30. The van der Waals surface area contributed by atoms with Crippen LogP contribution in [0.2, 0.25) is 0 Å². The van der Waals surface area contributed by atoms with E-state index in [0.29, 0.717) is 18.5 Å². The molecule has 0 aliphatic carbocycles. The summed E-state index contributed by atoms with van der Waals surface area (Å²) in [7, 11) is 0. The summed E-state index contributed by atoms with van der Waals surface area (Å²) >= 11 is 0. The first-order chi connectivity index (χ1) is 9.58. The summed E-state index contributed by atoms with van der Waals surface area (Å²) in [6.07, 6.45) is 0.516. The number of halogens is 3. The first-order valence-corrected chi connectivity index (χ1v) is 6.15. The molecule has 0 aliphatic rings. The van der Waals surface area contributed by atoms with Crippen LogP contribution in [0.3, 0.4) is 0 Å². The van der Waals surface area contributed by atoms with Gasteiger partial charge in [0.1, 0.15) is 29.8 Å². The predicted octanol–water partition coefficient (Wildman–Crippen LogP) is 3.18. The molecular weight excluding hydrogens is 267 g/mol. The fourth-order valence-electron chi connectivity index (χ4n) is 1.83. The Balaban J connectivity index is 2.12. The van der Waals surface area contributed by atoms with Crippen LogP contribution >= 0.6 is 0 Å². The van der Waals surface area contributed by atoms with Gasteiger partial charge in [0.2, 0.25) is 0 Å². The van der Waals surface area contributed by atoms with Crippen molar-refractivity contribution in [2.75, 3.05) is 6.54 Å². The van der Waals surface area contributed by atoms with Crippen molar-refractivity contribution in [1.29, 1.82) is 0 Å². The van der Waals surface area contributed by atoms with Crippen LogP contribution in [0.15, 0.2) is 36.4 Å². The number of hydrogen-bond acceptors (Lipinski definition) is 2. The van der Waals surface area contributed by atoms with Crippen LogP contribution < -0.4 is 10.5 Å². The highest BCUT2D eigenvalue weighted by Gasteiger charge is 2.06. The van der Waals surface area contributed by atoms with Crippen molar-refractivity contribution in [3.8, 4) is 5.75 Å². The minimum Gasteiger partial charge on any atom is -0.489 e. The standard InChI is InChI=1S/C15H14F3NO/c16-12-1-2-15(18)11(7-12)9-20-14-6-10(3-4-19)5-13(17)8-14/h1-2,5-8H,3-4,9,19H2. The lowest BCUT2D eigenvalue weighted by Crippen LogP contribution is -2.04. The summed E-state index contributed by atoms with van der Waals surface area (Å²) in [5, 5.41) is 0. The van der Waals surface area contributed by atoms with Crippen molar-refractivity contribution >= 4 is 0 Å². The maximum Gasteiger partial charge on any atom is 0.130 e. The lowest BCUT2D eigenvalue weighted by Gasteiger charge is -2.09. The maximum absolute atomic E-state index is 13.4. The van der Waals surface area contributed by atoms with Gasteiger partial charge < -0.3 is 10.5 Å². The summed E-state index contributed by atoms with van der Waals surface area (Å²) in [4.78, 5) is 0. The van der Waals surface area contributed by atoms with Crippen molar-refractivity contribution in [1.82, 2.24) is 0 Å². The van der Waals surface area contributed by atoms with E-state index in [1.165, 1.54) is 12.1 Å². The average Bonchev–Trinajstić information content (AvgIpc) is 2.40. The van der Waals surface area contributed by atoms with Crippen LogP contribution in [0.4, 0.5) is 13.2 Å². The number of nitrogens with two attached hydrogens (primary N) is 1. The summed E-state index contributed by atoms with van der Waals surface area (Å²) in [5.41, 5.74) is 6.18. The fraction of sp³-hybridized carbons (Fsp3) is 0.200. The van der Waals surface area contributed by atoms with Crippen LogP contribution in [0.25, 0.3) is 0 Å². The zero-order chi connectivity index (χ0) is 14.5. The van der Waals surface area contributed by atoms with Crippen LogP contribution in [-0.4, -0.2) is 6.54 Å². The van der Waals surface area contributed by atoms with Gasteiger partial charge in [0.05, 0.1) is 0 Å². The monoisotopic (exact) mass is 281 g/mol. The Labute approximate surface area is 115 Å². The number of ether oxygens (including phenoxy) is 1. The molecule has 0 saturated heterocycles. The normalized spacial score (nSPS) is 10.6. The smallest absolute Gasteiger partial charge is 0.130 e. The molecule has 0 aromatic heterocycles. The van der Waals surface area contributed by atoms with Gasteiger partial charge in [0.25, 0.3) is 0 Å². The van der Waals surface area contributed by atoms with Crippen LogP contribution in [-0.2, 0) is 13.0 Å². The molecule has 0 heterocycles. The molecule has 2 aromatic rings. The Morgan fingerprint density at radius 2 is 1.75 bits per heavy atom. The first-order valence-electron chi connectivity index (χ1n) is 6.15. The lowest BCUT2D eigenvalue weighted by molar-refractivity contribution is 0.297. The maximum atomic E-state index is 13.4. The van der Waals surface area contributed by atoms with Gasteiger partial charge >= 0.3 is 0 Å². The first kappa shape index (κ1) is 14.4. The second kappa shape index (κ2) is 6.43. The molecular formula is C15H14F3NO. The van der Waals surface area contributed by atoms with E-state index in [9.17, 15) is 13.2 Å². The van der Waals surface area contributed by atoms with Gasteiger partial charge in [-0.1, -0.05) is 0 Å². The van der Waals surface area contributed by atoms with Gasteiger partial charge in [0.15, 0.2) is 0 Å². The van der Waals surface area contributed by atoms with E-state index < -0.39 is 17.5 Å². The van der Waals surface area contributed by atoms with Gasteiger partial charge in [-0.2, -0.15) is 0 Å². The zero-order valence-electron chi connectivity index (χ0n) is 10.7. The van der Waals surface area contributed by atoms with Crippen LogP contribution in [0, 0.1) is 17.5 Å². The number of hydrogen-bond donors (Lipinski definition) is 1. The number of benzene rings is 2. The zero-order valence-corrected chi connectivity index (χ0v) is 10.7. The molecule has 5 heteroatoms. The topological polar surface area (TPSA) is 35.2 Å². The Morgan fingerprint density at radius 3 is 2.50 bits per heavy atom. The molecule has 0 atom stereocenters. The molecule has 0 amide bonds. The van der Waals surface area contributed by atoms with E-state index >= 15 is 0 Å². The molecule has 0 fully saturated rings. The van der Waals surface area contributed by atoms with Crippen molar-refractivity contribution < 1.29 is 17.9 Å². The van der Waals surface area contributed by atoms with Gasteiger partial charge in [-0.15, -0.1) is 0 Å². The van der Waals surface area contributed by atoms with Crippen LogP contribution in [0.5, 0.6) is 5.75 Å². The summed E-state index contributed by atoms with van der Waals surface area (Å²) in [5.74, 6) is -1.30. The molecule has 2 rings (SSSR count).